The smallest absolute Gasteiger partial charge is 0.265 e. The Kier molecular flexibility index (Phi) is 5.94. The van der Waals surface area contributed by atoms with Crippen LogP contribution in [0.1, 0.15) is 18.1 Å². The van der Waals surface area contributed by atoms with Crippen LogP contribution in [-0.4, -0.2) is 31.0 Å². The summed E-state index contributed by atoms with van der Waals surface area (Å²) in [6.45, 7) is 2.43. The summed E-state index contributed by atoms with van der Waals surface area (Å²) in [6.07, 6.45) is -0.648. The van der Waals surface area contributed by atoms with Crippen LogP contribution in [0.4, 0.5) is 5.69 Å². The highest BCUT2D eigenvalue weighted by atomic mass is 16.5. The molecule has 24 heavy (non-hydrogen) atoms. The van der Waals surface area contributed by atoms with Gasteiger partial charge in [0, 0.05) is 12.2 Å². The van der Waals surface area contributed by atoms with E-state index in [1.54, 1.807) is 31.2 Å². The lowest BCUT2D eigenvalue weighted by atomic mass is 10.1. The molecular formula is C19H21N3O2. The van der Waals surface area contributed by atoms with Crippen molar-refractivity contribution in [3.63, 3.8) is 0 Å². The van der Waals surface area contributed by atoms with Crippen LogP contribution in [0.25, 0.3) is 0 Å². The summed E-state index contributed by atoms with van der Waals surface area (Å²) in [5.74, 6) is 0.337. The average Bonchev–Trinajstić information content (AvgIpc) is 2.56. The van der Waals surface area contributed by atoms with Gasteiger partial charge in [-0.2, -0.15) is 5.26 Å². The van der Waals surface area contributed by atoms with Gasteiger partial charge >= 0.3 is 0 Å². The molecule has 124 valence electrons. The Labute approximate surface area is 142 Å². The lowest BCUT2D eigenvalue weighted by Crippen LogP contribution is -2.30. The maximum absolute atomic E-state index is 12.4. The molecule has 0 aliphatic heterocycles. The summed E-state index contributed by atoms with van der Waals surface area (Å²) in [6, 6.07) is 16.4. The van der Waals surface area contributed by atoms with Crippen molar-refractivity contribution in [1.29, 1.82) is 5.26 Å². The van der Waals surface area contributed by atoms with Crippen LogP contribution in [0.2, 0.25) is 0 Å². The van der Waals surface area contributed by atoms with Crippen LogP contribution in [-0.2, 0) is 11.3 Å². The number of benzene rings is 2. The Bertz CT molecular complexity index is 733. The fourth-order valence-corrected chi connectivity index (χ4v) is 2.22. The molecule has 2 aromatic carbocycles. The number of nitrogens with zero attached hydrogens (tertiary/aromatic N) is 2. The molecule has 0 radical (unpaired) electrons. The molecular weight excluding hydrogens is 302 g/mol. The number of rotatable bonds is 6. The maximum Gasteiger partial charge on any atom is 0.265 e. The second kappa shape index (κ2) is 8.14. The van der Waals surface area contributed by atoms with Crippen molar-refractivity contribution in [3.05, 3.63) is 59.7 Å². The number of carbonyl (C=O) groups excluding carboxylic acids is 1. The summed E-state index contributed by atoms with van der Waals surface area (Å²) < 4.78 is 5.64. The summed E-state index contributed by atoms with van der Waals surface area (Å²) >= 11 is 0. The molecule has 2 rings (SSSR count). The number of carbonyl (C=O) groups is 1. The highest BCUT2D eigenvalue weighted by Gasteiger charge is 2.16. The van der Waals surface area contributed by atoms with E-state index in [0.29, 0.717) is 11.3 Å². The van der Waals surface area contributed by atoms with Gasteiger partial charge in [-0.05, 0) is 56.9 Å². The van der Waals surface area contributed by atoms with Crippen molar-refractivity contribution in [1.82, 2.24) is 4.90 Å². The summed E-state index contributed by atoms with van der Waals surface area (Å²) in [5.41, 5.74) is 2.38. The summed E-state index contributed by atoms with van der Waals surface area (Å²) in [4.78, 5) is 14.4. The minimum atomic E-state index is -0.648. The first-order valence-electron chi connectivity index (χ1n) is 7.70. The van der Waals surface area contributed by atoms with E-state index in [0.717, 1.165) is 17.8 Å². The van der Waals surface area contributed by atoms with Gasteiger partial charge in [0.15, 0.2) is 6.10 Å². The van der Waals surface area contributed by atoms with Gasteiger partial charge in [-0.3, -0.25) is 4.79 Å². The minimum Gasteiger partial charge on any atom is -0.481 e. The zero-order valence-corrected chi connectivity index (χ0v) is 14.1. The Morgan fingerprint density at radius 3 is 2.50 bits per heavy atom. The van der Waals surface area contributed by atoms with Crippen molar-refractivity contribution in [2.45, 2.75) is 19.6 Å². The normalized spacial score (nSPS) is 11.6. The highest BCUT2D eigenvalue weighted by Crippen LogP contribution is 2.18. The molecule has 0 fully saturated rings. The molecule has 0 spiro atoms. The van der Waals surface area contributed by atoms with Crippen molar-refractivity contribution < 1.29 is 9.53 Å². The monoisotopic (exact) mass is 323 g/mol. The third kappa shape index (κ3) is 4.83. The number of ether oxygens (including phenoxy) is 1. The molecule has 0 saturated carbocycles. The molecule has 1 amide bonds. The minimum absolute atomic E-state index is 0.217. The molecule has 0 saturated heterocycles. The topological polar surface area (TPSA) is 65.4 Å². The molecule has 0 aromatic heterocycles. The zero-order valence-electron chi connectivity index (χ0n) is 14.1. The van der Waals surface area contributed by atoms with Crippen LogP contribution in [0.5, 0.6) is 5.75 Å². The zero-order chi connectivity index (χ0) is 17.5. The maximum atomic E-state index is 12.4. The van der Waals surface area contributed by atoms with Gasteiger partial charge in [-0.25, -0.2) is 0 Å². The van der Waals surface area contributed by atoms with Crippen LogP contribution in [0, 0.1) is 11.3 Å². The summed E-state index contributed by atoms with van der Waals surface area (Å²) in [7, 11) is 3.96. The number of nitriles is 1. The van der Waals surface area contributed by atoms with E-state index in [-0.39, 0.29) is 5.91 Å². The van der Waals surface area contributed by atoms with Crippen LogP contribution < -0.4 is 10.1 Å². The molecule has 1 N–H and O–H groups in total. The number of para-hydroxylation sites is 1. The van der Waals surface area contributed by atoms with Gasteiger partial charge in [0.25, 0.3) is 5.91 Å². The van der Waals surface area contributed by atoms with Crippen molar-refractivity contribution in [2.24, 2.45) is 0 Å². The van der Waals surface area contributed by atoms with E-state index in [1.807, 2.05) is 49.3 Å². The third-order valence-electron chi connectivity index (χ3n) is 3.43. The second-order valence-corrected chi connectivity index (χ2v) is 5.78. The van der Waals surface area contributed by atoms with Gasteiger partial charge in [0.1, 0.15) is 5.75 Å². The molecule has 1 atom stereocenters. The van der Waals surface area contributed by atoms with E-state index in [2.05, 4.69) is 5.32 Å². The quantitative estimate of drug-likeness (QED) is 0.887. The molecule has 0 heterocycles. The Balaban J connectivity index is 2.02. The van der Waals surface area contributed by atoms with Crippen LogP contribution in [0.15, 0.2) is 48.5 Å². The van der Waals surface area contributed by atoms with E-state index < -0.39 is 6.10 Å². The molecule has 0 bridgehead atoms. The standard InChI is InChI=1S/C19H21N3O2/c1-14(24-17-10-8-15(12-20)9-11-17)19(23)21-18-7-5-4-6-16(18)13-22(2)3/h4-11,14H,13H2,1-3H3,(H,21,23)/t14-/m0/s1. The Hall–Kier alpha value is -2.84. The number of amides is 1. The van der Waals surface area contributed by atoms with Gasteiger partial charge in [-0.1, -0.05) is 18.2 Å². The van der Waals surface area contributed by atoms with Crippen molar-refractivity contribution in [3.8, 4) is 11.8 Å². The predicted molar refractivity (Wildman–Crippen MR) is 93.7 cm³/mol. The van der Waals surface area contributed by atoms with Gasteiger partial charge in [0.05, 0.1) is 11.6 Å². The fourth-order valence-electron chi connectivity index (χ4n) is 2.22. The summed E-state index contributed by atoms with van der Waals surface area (Å²) in [5, 5.41) is 11.7. The number of nitrogens with one attached hydrogen (secondary N) is 1. The Morgan fingerprint density at radius 2 is 1.88 bits per heavy atom. The second-order valence-electron chi connectivity index (χ2n) is 5.78. The van der Waals surface area contributed by atoms with E-state index >= 15 is 0 Å². The molecule has 2 aromatic rings. The molecule has 5 heteroatoms. The van der Waals surface area contributed by atoms with Gasteiger partial charge in [-0.15, -0.1) is 0 Å². The van der Waals surface area contributed by atoms with E-state index in [9.17, 15) is 4.79 Å². The van der Waals surface area contributed by atoms with Crippen molar-refractivity contribution in [2.75, 3.05) is 19.4 Å². The number of hydrogen-bond donors (Lipinski definition) is 1. The van der Waals surface area contributed by atoms with Crippen LogP contribution >= 0.6 is 0 Å². The Morgan fingerprint density at radius 1 is 1.21 bits per heavy atom. The molecule has 0 aliphatic rings. The first kappa shape index (κ1) is 17.5. The van der Waals surface area contributed by atoms with E-state index in [4.69, 9.17) is 10.00 Å². The average molecular weight is 323 g/mol. The van der Waals surface area contributed by atoms with Crippen LogP contribution in [0.3, 0.4) is 0 Å². The number of anilines is 1. The predicted octanol–water partition coefficient (Wildman–Crippen LogP) is 3.03. The first-order chi connectivity index (χ1) is 11.5. The molecule has 0 unspecified atom stereocenters. The first-order valence-corrected chi connectivity index (χ1v) is 7.70. The third-order valence-corrected chi connectivity index (χ3v) is 3.43. The fraction of sp³-hybridized carbons (Fsp3) is 0.263. The molecule has 5 nitrogen and oxygen atoms in total. The number of hydrogen-bond acceptors (Lipinski definition) is 4. The largest absolute Gasteiger partial charge is 0.481 e. The molecule has 0 aliphatic carbocycles. The lowest BCUT2D eigenvalue weighted by molar-refractivity contribution is -0.122. The SMILES string of the molecule is C[C@H](Oc1ccc(C#N)cc1)C(=O)Nc1ccccc1CN(C)C. The van der Waals surface area contributed by atoms with Gasteiger partial charge < -0.3 is 15.0 Å². The lowest BCUT2D eigenvalue weighted by Gasteiger charge is -2.18. The van der Waals surface area contributed by atoms with E-state index in [1.165, 1.54) is 0 Å². The van der Waals surface area contributed by atoms with Gasteiger partial charge in [0.2, 0.25) is 0 Å². The van der Waals surface area contributed by atoms with Crippen molar-refractivity contribution >= 4 is 11.6 Å². The highest BCUT2D eigenvalue weighted by molar-refractivity contribution is 5.94.